The topological polar surface area (TPSA) is 313 Å². The van der Waals surface area contributed by atoms with Crippen molar-refractivity contribution in [1.82, 2.24) is 29.2 Å². The van der Waals surface area contributed by atoms with Crippen LogP contribution in [0.4, 0.5) is 11.6 Å². The van der Waals surface area contributed by atoms with Gasteiger partial charge < -0.3 is 46.1 Å². The minimum atomic E-state index is -4.66. The SMILES string of the molecule is CCCCCCCCCCCCCCCCOCCCCOP(=O)(OC[C@H]1O[C@@](C#N)(c2ccc3c(N)ncnn23)[C@H](O)[C@@H]1O)OC[C@H]1O[C@@](C#N)(c2ccc3c(N)ncnn23)[C@H](O)[C@@H]1O. The van der Waals surface area contributed by atoms with Crippen molar-refractivity contribution >= 4 is 30.5 Å². The van der Waals surface area contributed by atoms with E-state index >= 15 is 0 Å². The first kappa shape index (κ1) is 51.0. The summed E-state index contributed by atoms with van der Waals surface area (Å²) in [5.74, 6) is 0.195. The number of ether oxygens (including phenoxy) is 3. The van der Waals surface area contributed by atoms with Crippen molar-refractivity contribution in [2.75, 3.05) is 44.5 Å². The summed E-state index contributed by atoms with van der Waals surface area (Å²) >= 11 is 0. The van der Waals surface area contributed by atoms with Gasteiger partial charge in [0.25, 0.3) is 0 Å². The van der Waals surface area contributed by atoms with Crippen LogP contribution in [0.15, 0.2) is 36.9 Å². The van der Waals surface area contributed by atoms with Crippen molar-refractivity contribution in [2.24, 2.45) is 0 Å². The Hall–Kier alpha value is -4.35. The molecule has 0 unspecified atom stereocenters. The number of phosphoric ester groups is 1. The molecule has 2 aliphatic rings. The summed E-state index contributed by atoms with van der Waals surface area (Å²) < 4.78 is 51.7. The minimum absolute atomic E-state index is 0.0437. The number of aromatic nitrogens is 6. The van der Waals surface area contributed by atoms with E-state index in [2.05, 4.69) is 27.1 Å². The van der Waals surface area contributed by atoms with Gasteiger partial charge in [-0.2, -0.15) is 20.7 Å². The summed E-state index contributed by atoms with van der Waals surface area (Å²) in [4.78, 5) is 7.87. The minimum Gasteiger partial charge on any atom is -0.387 e. The van der Waals surface area contributed by atoms with Gasteiger partial charge in [-0.15, -0.1) is 0 Å². The number of hydrogen-bond acceptors (Lipinski definition) is 19. The number of hydrogen-bond donors (Lipinski definition) is 6. The Kier molecular flexibility index (Phi) is 18.6. The Balaban J connectivity index is 1.01. The number of unbranched alkanes of at least 4 members (excludes halogenated alkanes) is 14. The van der Waals surface area contributed by atoms with Gasteiger partial charge >= 0.3 is 7.82 Å². The summed E-state index contributed by atoms with van der Waals surface area (Å²) in [7, 11) is -4.66. The van der Waals surface area contributed by atoms with E-state index in [0.29, 0.717) is 37.1 Å². The number of rotatable bonds is 29. The molecule has 22 heteroatoms. The number of aliphatic hydroxyl groups excluding tert-OH is 4. The van der Waals surface area contributed by atoms with Crippen molar-refractivity contribution in [1.29, 1.82) is 10.5 Å². The van der Waals surface area contributed by atoms with Crippen LogP contribution < -0.4 is 11.5 Å². The fourth-order valence-electron chi connectivity index (χ4n) is 8.53. The molecule has 0 saturated carbocycles. The zero-order valence-electron chi connectivity index (χ0n) is 37.6. The fourth-order valence-corrected chi connectivity index (χ4v) is 9.76. The highest BCUT2D eigenvalue weighted by Gasteiger charge is 2.59. The molecule has 0 bridgehead atoms. The smallest absolute Gasteiger partial charge is 0.387 e. The predicted molar refractivity (Wildman–Crippen MR) is 239 cm³/mol. The molecule has 0 amide bonds. The van der Waals surface area contributed by atoms with Gasteiger partial charge in [0.15, 0.2) is 11.6 Å². The highest BCUT2D eigenvalue weighted by Crippen LogP contribution is 2.52. The Morgan fingerprint density at radius 3 is 1.45 bits per heavy atom. The number of phosphoric acid groups is 1. The normalized spacial score (nSPS) is 25.5. The Morgan fingerprint density at radius 1 is 0.636 bits per heavy atom. The molecule has 4 aromatic heterocycles. The molecule has 8 atom stereocenters. The molecule has 0 aromatic carbocycles. The molecule has 66 heavy (non-hydrogen) atoms. The van der Waals surface area contributed by atoms with Crippen LogP contribution in [0.3, 0.4) is 0 Å². The number of fused-ring (bicyclic) bond motifs is 2. The number of aliphatic hydroxyl groups is 4. The van der Waals surface area contributed by atoms with Gasteiger partial charge in [-0.3, -0.25) is 13.6 Å². The molecule has 2 aliphatic heterocycles. The molecule has 8 N–H and O–H groups in total. The highest BCUT2D eigenvalue weighted by molar-refractivity contribution is 7.48. The van der Waals surface area contributed by atoms with Crippen molar-refractivity contribution in [3.05, 3.63) is 48.3 Å². The first-order valence-corrected chi connectivity index (χ1v) is 24.6. The van der Waals surface area contributed by atoms with E-state index in [1.54, 1.807) is 0 Å². The average molecular weight is 941 g/mol. The fraction of sp³-hybridized carbons (Fsp3) is 0.682. The van der Waals surface area contributed by atoms with Crippen LogP contribution in [0.1, 0.15) is 121 Å². The van der Waals surface area contributed by atoms with Crippen LogP contribution in [0.25, 0.3) is 11.0 Å². The summed E-state index contributed by atoms with van der Waals surface area (Å²) in [6, 6.07) is 9.82. The van der Waals surface area contributed by atoms with Crippen molar-refractivity contribution in [2.45, 2.75) is 157 Å². The summed E-state index contributed by atoms with van der Waals surface area (Å²) in [5.41, 5.74) is 8.34. The van der Waals surface area contributed by atoms with E-state index in [9.17, 15) is 35.5 Å². The molecular weight excluding hydrogens is 876 g/mol. The Labute approximate surface area is 384 Å². The predicted octanol–water partition coefficient (Wildman–Crippen LogP) is 4.75. The first-order valence-electron chi connectivity index (χ1n) is 23.1. The molecular formula is C44H65N10O11P. The molecule has 4 aromatic rings. The molecule has 0 aliphatic carbocycles. The molecule has 2 fully saturated rings. The lowest BCUT2D eigenvalue weighted by molar-refractivity contribution is -0.0740. The Bertz CT molecular complexity index is 2160. The lowest BCUT2D eigenvalue weighted by Gasteiger charge is -2.25. The van der Waals surface area contributed by atoms with Crippen LogP contribution in [0, 0.1) is 22.7 Å². The van der Waals surface area contributed by atoms with E-state index < -0.39 is 68.9 Å². The third kappa shape index (κ3) is 11.7. The maximum Gasteiger partial charge on any atom is 0.474 e. The lowest BCUT2D eigenvalue weighted by Crippen LogP contribution is -2.41. The highest BCUT2D eigenvalue weighted by atomic mass is 31.2. The summed E-state index contributed by atoms with van der Waals surface area (Å²) in [5, 5.41) is 73.7. The van der Waals surface area contributed by atoms with Gasteiger partial charge in [-0.25, -0.2) is 23.6 Å². The Morgan fingerprint density at radius 2 is 1.03 bits per heavy atom. The van der Waals surface area contributed by atoms with Gasteiger partial charge in [-0.1, -0.05) is 90.4 Å². The third-order valence-corrected chi connectivity index (χ3v) is 13.8. The van der Waals surface area contributed by atoms with Gasteiger partial charge in [0.05, 0.1) is 31.2 Å². The second-order valence-electron chi connectivity index (χ2n) is 17.0. The lowest BCUT2D eigenvalue weighted by atomic mass is 9.92. The number of nitrogen functional groups attached to an aromatic ring is 2. The van der Waals surface area contributed by atoms with Gasteiger partial charge in [0, 0.05) is 13.2 Å². The third-order valence-electron chi connectivity index (χ3n) is 12.3. The van der Waals surface area contributed by atoms with Crippen LogP contribution in [0.2, 0.25) is 0 Å². The van der Waals surface area contributed by atoms with Crippen LogP contribution >= 0.6 is 7.82 Å². The molecule has 2 saturated heterocycles. The second-order valence-corrected chi connectivity index (χ2v) is 18.7. The van der Waals surface area contributed by atoms with Crippen molar-refractivity contribution in [3.63, 3.8) is 0 Å². The van der Waals surface area contributed by atoms with E-state index in [1.165, 1.54) is 110 Å². The molecule has 0 radical (unpaired) electrons. The summed E-state index contributed by atoms with van der Waals surface area (Å²) in [6.07, 6.45) is 11.0. The maximum atomic E-state index is 14.3. The average Bonchev–Trinajstić information content (AvgIpc) is 4.08. The van der Waals surface area contributed by atoms with Crippen LogP contribution in [-0.4, -0.2) is 119 Å². The van der Waals surface area contributed by atoms with Gasteiger partial charge in [-0.05, 0) is 43.5 Å². The second kappa shape index (κ2) is 24.1. The number of nitrogens with two attached hydrogens (primary N) is 2. The summed E-state index contributed by atoms with van der Waals surface area (Å²) in [6.45, 7) is 1.76. The van der Waals surface area contributed by atoms with Crippen LogP contribution in [-0.2, 0) is 43.5 Å². The molecule has 362 valence electrons. The maximum absolute atomic E-state index is 14.3. The monoisotopic (exact) mass is 940 g/mol. The van der Waals surface area contributed by atoms with E-state index in [4.69, 9.17) is 39.2 Å². The van der Waals surface area contributed by atoms with E-state index in [0.717, 1.165) is 25.5 Å². The van der Waals surface area contributed by atoms with E-state index in [-0.39, 0.29) is 29.6 Å². The van der Waals surface area contributed by atoms with Crippen molar-refractivity contribution in [3.8, 4) is 12.1 Å². The zero-order chi connectivity index (χ0) is 47.2. The van der Waals surface area contributed by atoms with Gasteiger partial charge in [0.2, 0.25) is 11.2 Å². The van der Waals surface area contributed by atoms with Crippen molar-refractivity contribution < 1.29 is 52.8 Å². The number of nitriles is 2. The number of anilines is 2. The number of nitrogens with zero attached hydrogens (tertiary/aromatic N) is 8. The molecule has 6 rings (SSSR count). The standard InChI is InChI=1S/C44H65N10O11P/c1-2-3-4-5-6-7-8-9-10-11-12-13-14-15-22-60-23-16-17-24-61-66(59,62-25-33-37(55)39(57)43(27-45,64-33)35-20-18-31-41(47)49-29-51-53(31)35)63-26-34-38(56)40(58)44(28-46,65-34)36-21-19-32-42(48)50-30-52-54(32)36/h18-21,29-30,33-34,37-40,55-58H,2-17,22-26H2,1H3,(H2,47,49,51)(H2,48,50,52)/t33-,34-,37-,38-,39-,40-,43+,44+/m1/s1. The van der Waals surface area contributed by atoms with Crippen LogP contribution in [0.5, 0.6) is 0 Å². The zero-order valence-corrected chi connectivity index (χ0v) is 38.5. The van der Waals surface area contributed by atoms with E-state index in [1.807, 2.05) is 12.1 Å². The largest absolute Gasteiger partial charge is 0.474 e. The molecule has 0 spiro atoms. The molecule has 6 heterocycles. The quantitative estimate of drug-likeness (QED) is 0.0316. The van der Waals surface area contributed by atoms with Gasteiger partial charge in [0.1, 0.15) is 72.5 Å². The first-order chi connectivity index (χ1) is 31.9. The molecule has 21 nitrogen and oxygen atoms in total.